The largest absolute Gasteiger partial charge is 0.354 e. The van der Waals surface area contributed by atoms with Gasteiger partial charge in [0.25, 0.3) is 5.69 Å². The molecule has 2 heterocycles. The van der Waals surface area contributed by atoms with E-state index in [2.05, 4.69) is 27.3 Å². The minimum Gasteiger partial charge on any atom is -0.354 e. The Morgan fingerprint density at radius 1 is 1.00 bits per heavy atom. The molecule has 0 aliphatic carbocycles. The summed E-state index contributed by atoms with van der Waals surface area (Å²) >= 11 is 0. The second-order valence-electron chi connectivity index (χ2n) is 8.38. The Morgan fingerprint density at radius 3 is 2.44 bits per heavy atom. The first-order valence-corrected chi connectivity index (χ1v) is 11.3. The molecule has 0 bridgehead atoms. The van der Waals surface area contributed by atoms with Crippen LogP contribution in [-0.2, 0) is 6.42 Å². The zero-order chi connectivity index (χ0) is 24.1. The molecule has 176 valence electrons. The third kappa shape index (κ3) is 5.48. The average Bonchev–Trinajstić information content (AvgIpc) is 3.08. The summed E-state index contributed by atoms with van der Waals surface area (Å²) in [5.41, 5.74) is 3.82. The van der Waals surface area contributed by atoms with Gasteiger partial charge in [0.2, 0.25) is 0 Å². The van der Waals surface area contributed by atoms with Crippen LogP contribution in [0.3, 0.4) is 0 Å². The second-order valence-corrected chi connectivity index (χ2v) is 8.38. The molecule has 2 aromatic carbocycles. The van der Waals surface area contributed by atoms with Gasteiger partial charge >= 0.3 is 6.03 Å². The van der Waals surface area contributed by atoms with Gasteiger partial charge in [-0.05, 0) is 38.0 Å². The lowest BCUT2D eigenvalue weighted by Gasteiger charge is -2.26. The first kappa shape index (κ1) is 23.2. The number of carbonyl (C=O) groups excluding carboxylic acids is 1. The summed E-state index contributed by atoms with van der Waals surface area (Å²) in [7, 11) is 0. The van der Waals surface area contributed by atoms with Gasteiger partial charge in [-0.25, -0.2) is 14.8 Å². The fourth-order valence-corrected chi connectivity index (χ4v) is 4.19. The summed E-state index contributed by atoms with van der Waals surface area (Å²) in [5, 5.41) is 13.7. The number of nitrogens with one attached hydrogen (secondary N) is 1. The van der Waals surface area contributed by atoms with Crippen LogP contribution in [0.2, 0.25) is 0 Å². The van der Waals surface area contributed by atoms with Crippen LogP contribution < -0.4 is 10.2 Å². The number of anilines is 2. The van der Waals surface area contributed by atoms with Gasteiger partial charge in [-0.15, -0.1) is 0 Å². The number of hydrogen-bond donors (Lipinski definition) is 1. The van der Waals surface area contributed by atoms with Crippen LogP contribution >= 0.6 is 0 Å². The Hall–Kier alpha value is -4.01. The highest BCUT2D eigenvalue weighted by Gasteiger charge is 2.23. The number of rotatable bonds is 5. The molecule has 34 heavy (non-hydrogen) atoms. The zero-order valence-electron chi connectivity index (χ0n) is 19.4. The van der Waals surface area contributed by atoms with Crippen LogP contribution in [0.15, 0.2) is 54.6 Å². The molecule has 0 radical (unpaired) electrons. The van der Waals surface area contributed by atoms with Crippen molar-refractivity contribution in [1.29, 1.82) is 0 Å². The Kier molecular flexibility index (Phi) is 7.01. The molecule has 1 saturated heterocycles. The lowest BCUT2D eigenvalue weighted by atomic mass is 10.0. The SMILES string of the molecule is Cc1nc(C)c(Cc2ccccc2)c(N2CCCN(C(=O)Nc3ccc([N+](=O)[O-])cc3)CC2)n1. The van der Waals surface area contributed by atoms with Gasteiger partial charge in [0.1, 0.15) is 11.6 Å². The van der Waals surface area contributed by atoms with Gasteiger partial charge in [-0.3, -0.25) is 10.1 Å². The molecule has 9 nitrogen and oxygen atoms in total. The maximum atomic E-state index is 12.8. The maximum absolute atomic E-state index is 12.8. The van der Waals surface area contributed by atoms with Crippen molar-refractivity contribution in [2.45, 2.75) is 26.7 Å². The highest BCUT2D eigenvalue weighted by Crippen LogP contribution is 2.25. The zero-order valence-corrected chi connectivity index (χ0v) is 19.4. The number of amides is 2. The predicted molar refractivity (Wildman–Crippen MR) is 131 cm³/mol. The number of urea groups is 1. The maximum Gasteiger partial charge on any atom is 0.321 e. The molecule has 3 aromatic rings. The minimum atomic E-state index is -0.461. The van der Waals surface area contributed by atoms with Crippen LogP contribution in [-0.4, -0.2) is 52.0 Å². The van der Waals surface area contributed by atoms with E-state index < -0.39 is 4.92 Å². The molecule has 4 rings (SSSR count). The van der Waals surface area contributed by atoms with Crippen molar-refractivity contribution in [3.63, 3.8) is 0 Å². The summed E-state index contributed by atoms with van der Waals surface area (Å²) in [6.45, 7) is 6.55. The van der Waals surface area contributed by atoms with Gasteiger partial charge in [-0.1, -0.05) is 30.3 Å². The fourth-order valence-electron chi connectivity index (χ4n) is 4.19. The van der Waals surface area contributed by atoms with E-state index >= 15 is 0 Å². The van der Waals surface area contributed by atoms with E-state index in [9.17, 15) is 14.9 Å². The van der Waals surface area contributed by atoms with Crippen LogP contribution in [0.4, 0.5) is 22.0 Å². The second kappa shape index (κ2) is 10.3. The Morgan fingerprint density at radius 2 is 1.74 bits per heavy atom. The minimum absolute atomic E-state index is 0.00911. The number of nitro groups is 1. The predicted octanol–water partition coefficient (Wildman–Crippen LogP) is 4.34. The van der Waals surface area contributed by atoms with Gasteiger partial charge < -0.3 is 15.1 Å². The first-order chi connectivity index (χ1) is 16.4. The topological polar surface area (TPSA) is 105 Å². The van der Waals surface area contributed by atoms with Gasteiger partial charge in [0.05, 0.1) is 4.92 Å². The van der Waals surface area contributed by atoms with Crippen LogP contribution in [0.25, 0.3) is 0 Å². The molecule has 9 heteroatoms. The van der Waals surface area contributed by atoms with E-state index in [0.29, 0.717) is 25.3 Å². The summed E-state index contributed by atoms with van der Waals surface area (Å²) in [4.78, 5) is 36.6. The Labute approximate surface area is 198 Å². The third-order valence-electron chi connectivity index (χ3n) is 5.94. The van der Waals surface area contributed by atoms with Crippen LogP contribution in [0.5, 0.6) is 0 Å². The number of non-ortho nitro benzene ring substituents is 1. The van der Waals surface area contributed by atoms with Gasteiger partial charge in [0.15, 0.2) is 0 Å². The average molecular weight is 461 g/mol. The van der Waals surface area contributed by atoms with Crippen LogP contribution in [0.1, 0.15) is 29.1 Å². The molecule has 0 spiro atoms. The van der Waals surface area contributed by atoms with Crippen molar-refractivity contribution >= 4 is 23.2 Å². The van der Waals surface area contributed by atoms with Crippen molar-refractivity contribution < 1.29 is 9.72 Å². The van der Waals surface area contributed by atoms with E-state index in [0.717, 1.165) is 42.3 Å². The monoisotopic (exact) mass is 460 g/mol. The number of nitro benzene ring substituents is 1. The van der Waals surface area contributed by atoms with Crippen molar-refractivity contribution in [2.75, 3.05) is 36.4 Å². The van der Waals surface area contributed by atoms with E-state index in [1.807, 2.05) is 32.0 Å². The molecule has 1 aromatic heterocycles. The highest BCUT2D eigenvalue weighted by molar-refractivity contribution is 5.89. The summed E-state index contributed by atoms with van der Waals surface area (Å²) in [6, 6.07) is 15.9. The number of aromatic nitrogens is 2. The molecule has 2 amide bonds. The number of carbonyl (C=O) groups is 1. The fraction of sp³-hybridized carbons (Fsp3) is 0.320. The number of nitrogens with zero attached hydrogens (tertiary/aromatic N) is 5. The van der Waals surface area contributed by atoms with Crippen molar-refractivity contribution in [3.05, 3.63) is 87.4 Å². The summed E-state index contributed by atoms with van der Waals surface area (Å²) in [6.07, 6.45) is 1.56. The molecule has 1 fully saturated rings. The first-order valence-electron chi connectivity index (χ1n) is 11.3. The quantitative estimate of drug-likeness (QED) is 0.449. The highest BCUT2D eigenvalue weighted by atomic mass is 16.6. The van der Waals surface area contributed by atoms with Gasteiger partial charge in [0, 0.05) is 61.7 Å². The van der Waals surface area contributed by atoms with E-state index in [4.69, 9.17) is 4.98 Å². The Bertz CT molecular complexity index is 1170. The molecule has 1 N–H and O–H groups in total. The third-order valence-corrected chi connectivity index (χ3v) is 5.94. The standard InChI is InChI=1S/C25H28N6O3/c1-18-23(17-20-7-4-3-5-8-20)24(27-19(2)26-18)29-13-6-14-30(16-15-29)25(32)28-21-9-11-22(12-10-21)31(33)34/h3-5,7-12H,6,13-17H2,1-2H3,(H,28,32). The molecule has 1 aliphatic rings. The van der Waals surface area contributed by atoms with Crippen molar-refractivity contribution in [2.24, 2.45) is 0 Å². The Balaban J connectivity index is 1.46. The molecule has 0 unspecified atom stereocenters. The molecule has 1 aliphatic heterocycles. The number of hydrogen-bond acceptors (Lipinski definition) is 6. The number of benzene rings is 2. The van der Waals surface area contributed by atoms with Crippen molar-refractivity contribution in [3.8, 4) is 0 Å². The normalized spacial score (nSPS) is 13.9. The molecule has 0 saturated carbocycles. The summed E-state index contributed by atoms with van der Waals surface area (Å²) < 4.78 is 0. The lowest BCUT2D eigenvalue weighted by molar-refractivity contribution is -0.384. The van der Waals surface area contributed by atoms with Crippen LogP contribution in [0, 0.1) is 24.0 Å². The molecular weight excluding hydrogens is 432 g/mol. The summed E-state index contributed by atoms with van der Waals surface area (Å²) in [5.74, 6) is 1.67. The van der Waals surface area contributed by atoms with Gasteiger partial charge in [-0.2, -0.15) is 0 Å². The molecule has 0 atom stereocenters. The van der Waals surface area contributed by atoms with E-state index in [1.54, 1.807) is 17.0 Å². The van der Waals surface area contributed by atoms with E-state index in [-0.39, 0.29) is 11.7 Å². The van der Waals surface area contributed by atoms with Crippen molar-refractivity contribution in [1.82, 2.24) is 14.9 Å². The smallest absolute Gasteiger partial charge is 0.321 e. The number of aryl methyl sites for hydroxylation is 2. The molecular formula is C25H28N6O3. The lowest BCUT2D eigenvalue weighted by Crippen LogP contribution is -2.38. The van der Waals surface area contributed by atoms with E-state index in [1.165, 1.54) is 17.7 Å².